The van der Waals surface area contributed by atoms with Crippen LogP contribution < -0.4 is 0 Å². The summed E-state index contributed by atoms with van der Waals surface area (Å²) in [6, 6.07) is 2.19. The van der Waals surface area contributed by atoms with E-state index >= 15 is 0 Å². The Morgan fingerprint density at radius 1 is 1.38 bits per heavy atom. The second-order valence-electron chi connectivity index (χ2n) is 5.12. The smallest absolute Gasteiger partial charge is 0.180 e. The number of hydrogen-bond donors (Lipinski definition) is 1. The molecule has 16 heavy (non-hydrogen) atoms. The maximum atomic E-state index is 12.0. The van der Waals surface area contributed by atoms with Gasteiger partial charge in [0.05, 0.1) is 12.1 Å². The molecular weight excluding hydrogens is 202 g/mol. The van der Waals surface area contributed by atoms with E-state index in [-0.39, 0.29) is 17.7 Å². The van der Waals surface area contributed by atoms with E-state index in [1.165, 1.54) is 19.3 Å². The summed E-state index contributed by atoms with van der Waals surface area (Å²) in [5, 5.41) is 16.9. The van der Waals surface area contributed by atoms with E-state index in [4.69, 9.17) is 10.7 Å². The molecule has 0 spiro atoms. The Balaban J connectivity index is 1.93. The van der Waals surface area contributed by atoms with E-state index < -0.39 is 5.92 Å². The predicted octanol–water partition coefficient (Wildman–Crippen LogP) is 1.32. The number of rotatable bonds is 0. The molecule has 4 unspecified atom stereocenters. The average Bonchev–Trinajstić information content (AvgIpc) is 2.77. The van der Waals surface area contributed by atoms with Crippen LogP contribution in [-0.4, -0.2) is 28.6 Å². The normalized spacial score (nSPS) is 41.8. The van der Waals surface area contributed by atoms with Crippen LogP contribution in [0.3, 0.4) is 0 Å². The third-order valence-corrected chi connectivity index (χ3v) is 4.38. The number of nitrogens with zero attached hydrogens (tertiary/aromatic N) is 2. The summed E-state index contributed by atoms with van der Waals surface area (Å²) in [4.78, 5) is 13.9. The first-order chi connectivity index (χ1) is 7.74. The van der Waals surface area contributed by atoms with E-state index in [2.05, 4.69) is 0 Å². The molecular formula is C12H15N3O. The van der Waals surface area contributed by atoms with Crippen LogP contribution in [0.4, 0.5) is 0 Å². The lowest BCUT2D eigenvalue weighted by atomic mass is 9.83. The highest BCUT2D eigenvalue weighted by Gasteiger charge is 2.54. The van der Waals surface area contributed by atoms with Crippen molar-refractivity contribution in [2.45, 2.75) is 44.2 Å². The number of nitrogens with one attached hydrogen (secondary N) is 1. The zero-order valence-corrected chi connectivity index (χ0v) is 9.15. The van der Waals surface area contributed by atoms with Crippen LogP contribution in [0.5, 0.6) is 0 Å². The van der Waals surface area contributed by atoms with Gasteiger partial charge in [0.25, 0.3) is 0 Å². The van der Waals surface area contributed by atoms with Crippen LogP contribution in [-0.2, 0) is 4.79 Å². The molecule has 0 bridgehead atoms. The molecule has 2 saturated heterocycles. The second kappa shape index (κ2) is 3.31. The molecule has 1 N–H and O–H groups in total. The number of Topliss-reactive ketones (excluding diaryl/α,β-unsaturated/α-hetero) is 1. The fourth-order valence-corrected chi connectivity index (χ4v) is 3.66. The molecule has 0 aromatic heterocycles. The number of hydrogen-bond acceptors (Lipinski definition) is 3. The van der Waals surface area contributed by atoms with Crippen LogP contribution in [0.25, 0.3) is 0 Å². The van der Waals surface area contributed by atoms with Crippen LogP contribution >= 0.6 is 0 Å². The largest absolute Gasteiger partial charge is 0.346 e. The van der Waals surface area contributed by atoms with Gasteiger partial charge >= 0.3 is 0 Å². The minimum absolute atomic E-state index is 0.0260. The molecule has 1 saturated carbocycles. The van der Waals surface area contributed by atoms with Crippen molar-refractivity contribution in [2.24, 2.45) is 11.8 Å². The second-order valence-corrected chi connectivity index (χ2v) is 5.12. The highest BCUT2D eigenvalue weighted by Crippen LogP contribution is 2.44. The number of amidine groups is 1. The van der Waals surface area contributed by atoms with Gasteiger partial charge in [-0.2, -0.15) is 5.26 Å². The topological polar surface area (TPSA) is 68.0 Å². The lowest BCUT2D eigenvalue weighted by Gasteiger charge is -2.31. The Bertz CT molecular complexity index is 398. The Labute approximate surface area is 94.7 Å². The van der Waals surface area contributed by atoms with E-state index in [9.17, 15) is 4.79 Å². The molecule has 0 amide bonds. The van der Waals surface area contributed by atoms with Gasteiger partial charge in [-0.3, -0.25) is 10.2 Å². The molecule has 0 radical (unpaired) electrons. The van der Waals surface area contributed by atoms with Crippen LogP contribution in [0.1, 0.15) is 32.1 Å². The van der Waals surface area contributed by atoms with Gasteiger partial charge in [-0.15, -0.1) is 0 Å². The van der Waals surface area contributed by atoms with Crippen molar-refractivity contribution in [3.8, 4) is 6.07 Å². The molecule has 0 aromatic carbocycles. The lowest BCUT2D eigenvalue weighted by molar-refractivity contribution is -0.121. The van der Waals surface area contributed by atoms with Gasteiger partial charge in [-0.05, 0) is 25.2 Å². The molecule has 2 heterocycles. The minimum Gasteiger partial charge on any atom is -0.346 e. The molecule has 2 aliphatic heterocycles. The molecule has 3 fully saturated rings. The van der Waals surface area contributed by atoms with E-state index in [0.29, 0.717) is 12.0 Å². The summed E-state index contributed by atoms with van der Waals surface area (Å²) in [7, 11) is 0. The van der Waals surface area contributed by atoms with Gasteiger partial charge in [0.2, 0.25) is 0 Å². The van der Waals surface area contributed by atoms with Crippen molar-refractivity contribution in [1.29, 1.82) is 10.7 Å². The third kappa shape index (κ3) is 1.09. The summed E-state index contributed by atoms with van der Waals surface area (Å²) < 4.78 is 0. The first kappa shape index (κ1) is 9.83. The molecule has 84 valence electrons. The number of ketones is 1. The first-order valence-electron chi connectivity index (χ1n) is 6.04. The molecule has 3 rings (SSSR count). The number of fused-ring (bicyclic) bond motifs is 3. The van der Waals surface area contributed by atoms with Gasteiger partial charge < -0.3 is 4.90 Å². The molecule has 4 nitrogen and oxygen atoms in total. The van der Waals surface area contributed by atoms with Crippen LogP contribution in [0.15, 0.2) is 0 Å². The maximum absolute atomic E-state index is 12.0. The van der Waals surface area contributed by atoms with Crippen molar-refractivity contribution in [1.82, 2.24) is 4.90 Å². The van der Waals surface area contributed by atoms with E-state index in [0.717, 1.165) is 12.8 Å². The van der Waals surface area contributed by atoms with Crippen molar-refractivity contribution in [3.05, 3.63) is 0 Å². The number of carbonyl (C=O) groups excluding carboxylic acids is 1. The SMILES string of the molecule is N#CC1C(=N)N2C(CC3CCCCC32)C1=O. The summed E-state index contributed by atoms with van der Waals surface area (Å²) in [5.74, 6) is 0.0457. The number of carbonyl (C=O) groups is 1. The molecule has 3 aliphatic rings. The van der Waals surface area contributed by atoms with Gasteiger partial charge in [-0.25, -0.2) is 0 Å². The number of nitriles is 1. The maximum Gasteiger partial charge on any atom is 0.180 e. The van der Waals surface area contributed by atoms with Crippen LogP contribution in [0, 0.1) is 28.6 Å². The highest BCUT2D eigenvalue weighted by atomic mass is 16.1. The third-order valence-electron chi connectivity index (χ3n) is 4.38. The standard InChI is InChI=1S/C12H15N3O/c13-6-8-11(16)10-5-7-3-1-2-4-9(7)15(10)12(8)14/h7-10,14H,1-5H2. The summed E-state index contributed by atoms with van der Waals surface area (Å²) >= 11 is 0. The molecule has 0 aromatic rings. The monoisotopic (exact) mass is 217 g/mol. The zero-order chi connectivity index (χ0) is 11.3. The minimum atomic E-state index is -0.784. The van der Waals surface area contributed by atoms with Gasteiger partial charge in [0.15, 0.2) is 11.7 Å². The van der Waals surface area contributed by atoms with Crippen molar-refractivity contribution >= 4 is 11.6 Å². The lowest BCUT2D eigenvalue weighted by Crippen LogP contribution is -2.39. The van der Waals surface area contributed by atoms with Crippen molar-refractivity contribution < 1.29 is 4.79 Å². The first-order valence-corrected chi connectivity index (χ1v) is 6.04. The Hall–Kier alpha value is -1.37. The van der Waals surface area contributed by atoms with Gasteiger partial charge in [-0.1, -0.05) is 12.8 Å². The highest BCUT2D eigenvalue weighted by molar-refractivity contribution is 6.14. The van der Waals surface area contributed by atoms with Gasteiger partial charge in [0.1, 0.15) is 5.84 Å². The fraction of sp³-hybridized carbons (Fsp3) is 0.750. The fourth-order valence-electron chi connectivity index (χ4n) is 3.66. The molecule has 1 aliphatic carbocycles. The Kier molecular flexibility index (Phi) is 2.03. The summed E-state index contributed by atoms with van der Waals surface area (Å²) in [5.41, 5.74) is 0. The van der Waals surface area contributed by atoms with Gasteiger partial charge in [0, 0.05) is 6.04 Å². The Morgan fingerprint density at radius 3 is 2.88 bits per heavy atom. The summed E-state index contributed by atoms with van der Waals surface area (Å²) in [6.07, 6.45) is 5.61. The van der Waals surface area contributed by atoms with E-state index in [1.54, 1.807) is 0 Å². The van der Waals surface area contributed by atoms with Crippen molar-refractivity contribution in [2.75, 3.05) is 0 Å². The van der Waals surface area contributed by atoms with Crippen LogP contribution in [0.2, 0.25) is 0 Å². The zero-order valence-electron chi connectivity index (χ0n) is 9.15. The van der Waals surface area contributed by atoms with Crippen molar-refractivity contribution in [3.63, 3.8) is 0 Å². The Morgan fingerprint density at radius 2 is 2.12 bits per heavy atom. The van der Waals surface area contributed by atoms with E-state index in [1.807, 2.05) is 11.0 Å². The quantitative estimate of drug-likeness (QED) is 0.665. The predicted molar refractivity (Wildman–Crippen MR) is 57.8 cm³/mol. The molecule has 4 heteroatoms. The molecule has 4 atom stereocenters. The summed E-state index contributed by atoms with van der Waals surface area (Å²) in [6.45, 7) is 0. The average molecular weight is 217 g/mol.